The van der Waals surface area contributed by atoms with Gasteiger partial charge in [-0.3, -0.25) is 4.90 Å². The van der Waals surface area contributed by atoms with Gasteiger partial charge in [0.05, 0.1) is 4.70 Å². The molecule has 1 aromatic heterocycles. The van der Waals surface area contributed by atoms with Gasteiger partial charge in [0.1, 0.15) is 11.5 Å². The van der Waals surface area contributed by atoms with E-state index in [0.29, 0.717) is 6.04 Å². The number of aromatic nitrogens is 1. The van der Waals surface area contributed by atoms with Crippen LogP contribution >= 0.6 is 11.5 Å². The summed E-state index contributed by atoms with van der Waals surface area (Å²) >= 11 is 1.47. The lowest BCUT2D eigenvalue weighted by molar-refractivity contribution is 0.239. The van der Waals surface area contributed by atoms with Crippen molar-refractivity contribution in [3.63, 3.8) is 0 Å². The number of hydrogen-bond acceptors (Lipinski definition) is 4. The largest absolute Gasteiger partial charge is 0.457 e. The van der Waals surface area contributed by atoms with Crippen LogP contribution in [0.25, 0.3) is 10.1 Å². The Kier molecular flexibility index (Phi) is 5.25. The highest BCUT2D eigenvalue weighted by atomic mass is 32.1. The summed E-state index contributed by atoms with van der Waals surface area (Å²) in [6.07, 6.45) is 7.68. The Morgan fingerprint density at radius 1 is 1.11 bits per heavy atom. The standard InChI is InChI=1S/C21H23N3O2S/c1-24(21(25)23-16-5-3-2-4-6-16)17-7-9-18(10-8-17)26-19-11-12-20-15(13-19)14-22-27-20/h7-14,16H,2-6H2,1H3,(H,23,25). The molecule has 0 saturated heterocycles. The van der Waals surface area contributed by atoms with E-state index in [1.54, 1.807) is 11.9 Å². The molecule has 0 aliphatic heterocycles. The second-order valence-electron chi connectivity index (χ2n) is 6.96. The summed E-state index contributed by atoms with van der Waals surface area (Å²) in [6, 6.07) is 13.8. The zero-order valence-corrected chi connectivity index (χ0v) is 16.2. The van der Waals surface area contributed by atoms with Gasteiger partial charge in [-0.05, 0) is 66.8 Å². The van der Waals surface area contributed by atoms with Crippen LogP contribution in [-0.2, 0) is 0 Å². The first-order valence-electron chi connectivity index (χ1n) is 9.35. The number of benzene rings is 2. The van der Waals surface area contributed by atoms with Crippen LogP contribution in [0.5, 0.6) is 11.5 Å². The summed E-state index contributed by atoms with van der Waals surface area (Å²) in [7, 11) is 1.80. The molecule has 0 radical (unpaired) electrons. The Labute approximate surface area is 163 Å². The van der Waals surface area contributed by atoms with Gasteiger partial charge in [-0.1, -0.05) is 19.3 Å². The average molecular weight is 382 g/mol. The second kappa shape index (κ2) is 7.96. The van der Waals surface area contributed by atoms with E-state index in [-0.39, 0.29) is 6.03 Å². The normalized spacial score (nSPS) is 14.9. The highest BCUT2D eigenvalue weighted by Gasteiger charge is 2.18. The molecule has 5 nitrogen and oxygen atoms in total. The highest BCUT2D eigenvalue weighted by molar-refractivity contribution is 7.13. The molecule has 0 spiro atoms. The maximum Gasteiger partial charge on any atom is 0.321 e. The fourth-order valence-electron chi connectivity index (χ4n) is 3.42. The monoisotopic (exact) mass is 381 g/mol. The smallest absolute Gasteiger partial charge is 0.321 e. The number of fused-ring (bicyclic) bond motifs is 1. The molecule has 3 aromatic rings. The molecule has 1 fully saturated rings. The summed E-state index contributed by atoms with van der Waals surface area (Å²) in [4.78, 5) is 14.1. The number of urea groups is 1. The van der Waals surface area contributed by atoms with Crippen molar-refractivity contribution in [3.05, 3.63) is 48.7 Å². The quantitative estimate of drug-likeness (QED) is 0.643. The van der Waals surface area contributed by atoms with Crippen molar-refractivity contribution >= 4 is 33.3 Å². The molecule has 1 heterocycles. The van der Waals surface area contributed by atoms with Crippen LogP contribution in [0, 0.1) is 0 Å². The van der Waals surface area contributed by atoms with E-state index in [9.17, 15) is 4.79 Å². The first-order valence-corrected chi connectivity index (χ1v) is 10.1. The molecule has 140 valence electrons. The lowest BCUT2D eigenvalue weighted by Gasteiger charge is -2.26. The minimum atomic E-state index is -0.0500. The van der Waals surface area contributed by atoms with Gasteiger partial charge >= 0.3 is 6.03 Å². The maximum absolute atomic E-state index is 12.5. The molecule has 0 unspecified atom stereocenters. The lowest BCUT2D eigenvalue weighted by Crippen LogP contribution is -2.43. The Morgan fingerprint density at radius 3 is 2.63 bits per heavy atom. The van der Waals surface area contributed by atoms with Crippen LogP contribution in [0.1, 0.15) is 32.1 Å². The van der Waals surface area contributed by atoms with Gasteiger partial charge in [0.25, 0.3) is 0 Å². The van der Waals surface area contributed by atoms with Gasteiger partial charge < -0.3 is 10.1 Å². The van der Waals surface area contributed by atoms with Gasteiger partial charge in [-0.2, -0.15) is 4.37 Å². The van der Waals surface area contributed by atoms with Crippen LogP contribution in [0.3, 0.4) is 0 Å². The fourth-order valence-corrected chi connectivity index (χ4v) is 4.05. The first kappa shape index (κ1) is 17.8. The molecule has 0 atom stereocenters. The van der Waals surface area contributed by atoms with Crippen LogP contribution in [-0.4, -0.2) is 23.5 Å². The van der Waals surface area contributed by atoms with E-state index in [1.807, 2.05) is 48.7 Å². The molecule has 27 heavy (non-hydrogen) atoms. The second-order valence-corrected chi connectivity index (χ2v) is 7.80. The van der Waals surface area contributed by atoms with E-state index in [4.69, 9.17) is 4.74 Å². The molecule has 1 saturated carbocycles. The van der Waals surface area contributed by atoms with Crippen LogP contribution < -0.4 is 15.0 Å². The summed E-state index contributed by atoms with van der Waals surface area (Å²) in [5.41, 5.74) is 0.841. The number of carbonyl (C=O) groups excluding carboxylic acids is 1. The molecular weight excluding hydrogens is 358 g/mol. The molecule has 1 N–H and O–H groups in total. The van der Waals surface area contributed by atoms with Gasteiger partial charge in [-0.15, -0.1) is 0 Å². The molecule has 0 bridgehead atoms. The summed E-state index contributed by atoms with van der Waals surface area (Å²) < 4.78 is 11.3. The van der Waals surface area contributed by atoms with Crippen molar-refractivity contribution in [2.24, 2.45) is 0 Å². The third kappa shape index (κ3) is 4.22. The van der Waals surface area contributed by atoms with Crippen LogP contribution in [0.4, 0.5) is 10.5 Å². The summed E-state index contributed by atoms with van der Waals surface area (Å²) in [6.45, 7) is 0. The van der Waals surface area contributed by atoms with E-state index in [1.165, 1.54) is 30.8 Å². The van der Waals surface area contributed by atoms with E-state index in [0.717, 1.165) is 40.1 Å². The molecule has 1 aliphatic rings. The Bertz CT molecular complexity index is 917. The number of nitrogens with zero attached hydrogens (tertiary/aromatic N) is 2. The minimum Gasteiger partial charge on any atom is -0.457 e. The van der Waals surface area contributed by atoms with E-state index >= 15 is 0 Å². The zero-order valence-electron chi connectivity index (χ0n) is 15.4. The highest BCUT2D eigenvalue weighted by Crippen LogP contribution is 2.28. The predicted octanol–water partition coefficient (Wildman–Crippen LogP) is 5.57. The first-order chi connectivity index (χ1) is 13.2. The number of nitrogens with one attached hydrogen (secondary N) is 1. The third-order valence-electron chi connectivity index (χ3n) is 5.02. The predicted molar refractivity (Wildman–Crippen MR) is 110 cm³/mol. The average Bonchev–Trinajstić information content (AvgIpc) is 3.16. The molecule has 6 heteroatoms. The van der Waals surface area contributed by atoms with Crippen molar-refractivity contribution in [2.75, 3.05) is 11.9 Å². The number of carbonyl (C=O) groups is 1. The van der Waals surface area contributed by atoms with Gasteiger partial charge in [0.15, 0.2) is 0 Å². The molecule has 2 aromatic carbocycles. The number of rotatable bonds is 4. The maximum atomic E-state index is 12.5. The summed E-state index contributed by atoms with van der Waals surface area (Å²) in [5.74, 6) is 1.52. The van der Waals surface area contributed by atoms with E-state index in [2.05, 4.69) is 9.69 Å². The number of anilines is 1. The number of ether oxygens (including phenoxy) is 1. The third-order valence-corrected chi connectivity index (χ3v) is 5.80. The van der Waals surface area contributed by atoms with Crippen molar-refractivity contribution < 1.29 is 9.53 Å². The molecule has 2 amide bonds. The lowest BCUT2D eigenvalue weighted by atomic mass is 9.96. The Balaban J connectivity index is 1.39. The molecular formula is C21H23N3O2S. The SMILES string of the molecule is CN(C(=O)NC1CCCCC1)c1ccc(Oc2ccc3sncc3c2)cc1. The molecule has 1 aliphatic carbocycles. The fraction of sp³-hybridized carbons (Fsp3) is 0.333. The van der Waals surface area contributed by atoms with Crippen molar-refractivity contribution in [2.45, 2.75) is 38.1 Å². The van der Waals surface area contributed by atoms with Crippen molar-refractivity contribution in [1.29, 1.82) is 0 Å². The van der Waals surface area contributed by atoms with Crippen LogP contribution in [0.2, 0.25) is 0 Å². The number of hydrogen-bond donors (Lipinski definition) is 1. The van der Waals surface area contributed by atoms with Crippen LogP contribution in [0.15, 0.2) is 48.7 Å². The Morgan fingerprint density at radius 2 is 1.85 bits per heavy atom. The van der Waals surface area contributed by atoms with Gasteiger partial charge in [-0.25, -0.2) is 4.79 Å². The van der Waals surface area contributed by atoms with Gasteiger partial charge in [0, 0.05) is 30.4 Å². The summed E-state index contributed by atoms with van der Waals surface area (Å²) in [5, 5.41) is 4.21. The van der Waals surface area contributed by atoms with Gasteiger partial charge in [0.2, 0.25) is 0 Å². The van der Waals surface area contributed by atoms with Crippen molar-refractivity contribution in [3.8, 4) is 11.5 Å². The number of amides is 2. The van der Waals surface area contributed by atoms with E-state index < -0.39 is 0 Å². The Hall–Kier alpha value is -2.60. The molecule has 4 rings (SSSR count). The topological polar surface area (TPSA) is 54.5 Å². The minimum absolute atomic E-state index is 0.0500. The zero-order chi connectivity index (χ0) is 18.6. The van der Waals surface area contributed by atoms with Crippen molar-refractivity contribution in [1.82, 2.24) is 9.69 Å².